The summed E-state index contributed by atoms with van der Waals surface area (Å²) in [4.78, 5) is 11.4. The van der Waals surface area contributed by atoms with Crippen LogP contribution >= 0.6 is 0 Å². The van der Waals surface area contributed by atoms with Crippen LogP contribution in [0, 0.1) is 5.92 Å². The first kappa shape index (κ1) is 18.7. The number of esters is 1. The molecule has 1 rings (SSSR count). The number of hydrogen-bond acceptors (Lipinski definition) is 4. The molecule has 5 heteroatoms. The fraction of sp³-hybridized carbons (Fsp3) is 0.588. The molecule has 122 valence electrons. The van der Waals surface area contributed by atoms with E-state index >= 15 is 0 Å². The molecule has 0 bridgehead atoms. The van der Waals surface area contributed by atoms with Crippen LogP contribution in [0.15, 0.2) is 35.9 Å². The summed E-state index contributed by atoms with van der Waals surface area (Å²) >= 11 is 0. The van der Waals surface area contributed by atoms with Gasteiger partial charge < -0.3 is 14.0 Å². The Morgan fingerprint density at radius 1 is 1.18 bits per heavy atom. The molecule has 0 radical (unpaired) electrons. The second kappa shape index (κ2) is 6.84. The average Bonchev–Trinajstić information content (AvgIpc) is 2.63. The Hall–Kier alpha value is -1.33. The minimum absolute atomic E-state index is 0.0334. The molecule has 0 aromatic carbocycles. The largest absolute Gasteiger partial charge is 0.494 e. The lowest BCUT2D eigenvalue weighted by atomic mass is 9.76. The zero-order valence-corrected chi connectivity index (χ0v) is 14.7. The maximum absolute atomic E-state index is 11.4. The van der Waals surface area contributed by atoms with Crippen LogP contribution in [0.2, 0.25) is 0 Å². The zero-order valence-electron chi connectivity index (χ0n) is 14.7. The van der Waals surface area contributed by atoms with Crippen molar-refractivity contribution in [1.29, 1.82) is 0 Å². The predicted octanol–water partition coefficient (Wildman–Crippen LogP) is 3.49. The van der Waals surface area contributed by atoms with Gasteiger partial charge in [0, 0.05) is 5.57 Å². The molecule has 1 unspecified atom stereocenters. The molecule has 1 saturated heterocycles. The molecule has 1 heterocycles. The first-order valence-corrected chi connectivity index (χ1v) is 7.50. The summed E-state index contributed by atoms with van der Waals surface area (Å²) in [6, 6.07) is 0. The third-order valence-corrected chi connectivity index (χ3v) is 4.24. The van der Waals surface area contributed by atoms with Gasteiger partial charge in [-0.2, -0.15) is 0 Å². The van der Waals surface area contributed by atoms with Gasteiger partial charge in [-0.25, -0.2) is 4.79 Å². The molecule has 4 nitrogen and oxygen atoms in total. The summed E-state index contributed by atoms with van der Waals surface area (Å²) in [6.45, 7) is 15.6. The van der Waals surface area contributed by atoms with Crippen molar-refractivity contribution in [1.82, 2.24) is 0 Å². The zero-order chi connectivity index (χ0) is 17.1. The van der Waals surface area contributed by atoms with Gasteiger partial charge in [0.15, 0.2) is 0 Å². The SMILES string of the molecule is C=CC(=CC(C)C=C(C)C(=O)OC)B1OC(C)(C)C(C)(C)O1. The van der Waals surface area contributed by atoms with E-state index in [1.807, 2.05) is 46.8 Å². The number of allylic oxidation sites excluding steroid dienone is 4. The number of rotatable bonds is 5. The van der Waals surface area contributed by atoms with E-state index in [0.717, 1.165) is 5.47 Å². The molecular weight excluding hydrogens is 279 g/mol. The van der Waals surface area contributed by atoms with Gasteiger partial charge in [-0.05, 0) is 46.0 Å². The quantitative estimate of drug-likeness (QED) is 0.337. The summed E-state index contributed by atoms with van der Waals surface area (Å²) in [5, 5.41) is 0. The summed E-state index contributed by atoms with van der Waals surface area (Å²) in [5.74, 6) is -0.290. The molecular formula is C17H27BO4. The minimum atomic E-state index is -0.447. The van der Waals surface area contributed by atoms with Crippen LogP contribution in [-0.4, -0.2) is 31.4 Å². The second-order valence-corrected chi connectivity index (χ2v) is 6.66. The number of methoxy groups -OCH3 is 1. The van der Waals surface area contributed by atoms with Gasteiger partial charge in [-0.15, -0.1) is 0 Å². The Labute approximate surface area is 134 Å². The van der Waals surface area contributed by atoms with Gasteiger partial charge >= 0.3 is 13.1 Å². The van der Waals surface area contributed by atoms with Crippen LogP contribution in [0.1, 0.15) is 41.5 Å². The number of hydrogen-bond donors (Lipinski definition) is 0. The van der Waals surface area contributed by atoms with E-state index in [0.29, 0.717) is 5.57 Å². The average molecular weight is 306 g/mol. The van der Waals surface area contributed by atoms with Gasteiger partial charge in [0.25, 0.3) is 0 Å². The van der Waals surface area contributed by atoms with Crippen molar-refractivity contribution in [2.75, 3.05) is 7.11 Å². The standard InChI is InChI=1S/C17H27BO4/c1-9-14(11-12(2)10-13(3)15(19)20-8)18-21-16(4,5)17(6,7)22-18/h9-12H,1H2,2-8H3. The third-order valence-electron chi connectivity index (χ3n) is 4.24. The maximum Gasteiger partial charge on any atom is 0.494 e. The van der Waals surface area contributed by atoms with E-state index in [4.69, 9.17) is 14.0 Å². The molecule has 0 amide bonds. The van der Waals surface area contributed by atoms with Gasteiger partial charge in [0.1, 0.15) is 0 Å². The monoisotopic (exact) mass is 306 g/mol. The first-order valence-electron chi connectivity index (χ1n) is 7.50. The Morgan fingerprint density at radius 3 is 2.09 bits per heavy atom. The van der Waals surface area contributed by atoms with Gasteiger partial charge in [0.2, 0.25) is 0 Å². The lowest BCUT2D eigenvalue weighted by Crippen LogP contribution is -2.41. The molecule has 1 aliphatic rings. The lowest BCUT2D eigenvalue weighted by Gasteiger charge is -2.32. The molecule has 0 aromatic rings. The smallest absolute Gasteiger partial charge is 0.466 e. The van der Waals surface area contributed by atoms with E-state index in [9.17, 15) is 4.79 Å². The molecule has 0 aromatic heterocycles. The number of carbonyl (C=O) groups excluding carboxylic acids is 1. The molecule has 1 aliphatic heterocycles. The van der Waals surface area contributed by atoms with Crippen molar-refractivity contribution >= 4 is 13.1 Å². The normalized spacial score (nSPS) is 22.4. The van der Waals surface area contributed by atoms with Gasteiger partial charge in [0.05, 0.1) is 18.3 Å². The second-order valence-electron chi connectivity index (χ2n) is 6.66. The first-order chi connectivity index (χ1) is 10.0. The Bertz CT molecular complexity index is 487. The van der Waals surface area contributed by atoms with Crippen molar-refractivity contribution < 1.29 is 18.8 Å². The molecule has 22 heavy (non-hydrogen) atoms. The van der Waals surface area contributed by atoms with Crippen molar-refractivity contribution in [3.8, 4) is 0 Å². The van der Waals surface area contributed by atoms with E-state index in [-0.39, 0.29) is 23.1 Å². The summed E-state index contributed by atoms with van der Waals surface area (Å²) < 4.78 is 16.7. The molecule has 0 spiro atoms. The highest BCUT2D eigenvalue weighted by atomic mass is 16.7. The van der Waals surface area contributed by atoms with Crippen LogP contribution in [0.5, 0.6) is 0 Å². The minimum Gasteiger partial charge on any atom is -0.466 e. The van der Waals surface area contributed by atoms with Crippen molar-refractivity contribution in [3.63, 3.8) is 0 Å². The maximum atomic E-state index is 11.4. The van der Waals surface area contributed by atoms with E-state index in [1.165, 1.54) is 7.11 Å². The van der Waals surface area contributed by atoms with Crippen LogP contribution in [0.4, 0.5) is 0 Å². The van der Waals surface area contributed by atoms with Crippen molar-refractivity contribution in [2.45, 2.75) is 52.7 Å². The Morgan fingerprint density at radius 2 is 1.68 bits per heavy atom. The van der Waals surface area contributed by atoms with E-state index in [1.54, 1.807) is 13.0 Å². The van der Waals surface area contributed by atoms with Crippen molar-refractivity contribution in [2.24, 2.45) is 5.92 Å². The fourth-order valence-electron chi connectivity index (χ4n) is 2.20. The predicted molar refractivity (Wildman–Crippen MR) is 89.3 cm³/mol. The van der Waals surface area contributed by atoms with Crippen LogP contribution in [0.25, 0.3) is 0 Å². The Balaban J connectivity index is 2.93. The highest BCUT2D eigenvalue weighted by Gasteiger charge is 2.51. The lowest BCUT2D eigenvalue weighted by molar-refractivity contribution is -0.136. The summed E-state index contributed by atoms with van der Waals surface area (Å²) in [5.41, 5.74) is 0.658. The third kappa shape index (κ3) is 4.11. The topological polar surface area (TPSA) is 44.8 Å². The molecule has 0 saturated carbocycles. The van der Waals surface area contributed by atoms with Crippen molar-refractivity contribution in [3.05, 3.63) is 35.9 Å². The summed E-state index contributed by atoms with van der Waals surface area (Å²) in [7, 11) is 0.927. The van der Waals surface area contributed by atoms with Crippen LogP contribution in [0.3, 0.4) is 0 Å². The van der Waals surface area contributed by atoms with Crippen LogP contribution < -0.4 is 0 Å². The van der Waals surface area contributed by atoms with E-state index in [2.05, 4.69) is 6.58 Å². The fourth-order valence-corrected chi connectivity index (χ4v) is 2.20. The van der Waals surface area contributed by atoms with E-state index < -0.39 is 7.12 Å². The Kier molecular flexibility index (Phi) is 5.82. The van der Waals surface area contributed by atoms with Crippen LogP contribution in [-0.2, 0) is 18.8 Å². The highest BCUT2D eigenvalue weighted by molar-refractivity contribution is 6.55. The van der Waals surface area contributed by atoms with Gasteiger partial charge in [-0.1, -0.05) is 31.7 Å². The molecule has 1 fully saturated rings. The summed E-state index contributed by atoms with van der Waals surface area (Å²) in [6.07, 6.45) is 5.57. The number of ether oxygens (including phenoxy) is 1. The highest BCUT2D eigenvalue weighted by Crippen LogP contribution is 2.38. The molecule has 1 atom stereocenters. The number of carbonyl (C=O) groups is 1. The van der Waals surface area contributed by atoms with Gasteiger partial charge in [-0.3, -0.25) is 0 Å². The molecule has 0 aliphatic carbocycles. The molecule has 0 N–H and O–H groups in total.